The third-order valence-electron chi connectivity index (χ3n) is 6.53. The molecule has 190 valence electrons. The van der Waals surface area contributed by atoms with Crippen molar-refractivity contribution >= 4 is 22.9 Å². The molecule has 10 heteroatoms. The van der Waals surface area contributed by atoms with E-state index < -0.39 is 4.92 Å². The molecule has 5 rings (SSSR count). The molecule has 4 aromatic rings. The Kier molecular flexibility index (Phi) is 6.10. The third-order valence-corrected chi connectivity index (χ3v) is 6.53. The first kappa shape index (κ1) is 24.4. The number of aromatic nitrogens is 3. The maximum Gasteiger partial charge on any atom is 0.272 e. The highest BCUT2D eigenvalue weighted by molar-refractivity contribution is 5.94. The summed E-state index contributed by atoms with van der Waals surface area (Å²) < 4.78 is 15.7. The predicted octanol–water partition coefficient (Wildman–Crippen LogP) is 4.70. The van der Waals surface area contributed by atoms with E-state index in [9.17, 15) is 19.3 Å². The number of amides is 1. The molecule has 37 heavy (non-hydrogen) atoms. The Morgan fingerprint density at radius 2 is 1.70 bits per heavy atom. The lowest BCUT2D eigenvalue weighted by Crippen LogP contribution is -2.49. The lowest BCUT2D eigenvalue weighted by atomic mass is 9.93. The summed E-state index contributed by atoms with van der Waals surface area (Å²) in [6.07, 6.45) is 0. The molecule has 0 aliphatic carbocycles. The van der Waals surface area contributed by atoms with E-state index in [1.165, 1.54) is 24.3 Å². The fraction of sp³-hybridized carbons (Fsp3) is 0.296. The van der Waals surface area contributed by atoms with Crippen molar-refractivity contribution in [3.05, 3.63) is 88.0 Å². The van der Waals surface area contributed by atoms with E-state index in [4.69, 9.17) is 5.10 Å². The number of nitrogens with zero attached hydrogens (tertiary/aromatic N) is 6. The maximum absolute atomic E-state index is 14.1. The van der Waals surface area contributed by atoms with E-state index in [1.54, 1.807) is 39.7 Å². The second-order valence-electron chi connectivity index (χ2n) is 10.1. The van der Waals surface area contributed by atoms with E-state index in [0.717, 1.165) is 11.4 Å². The van der Waals surface area contributed by atoms with Crippen LogP contribution in [0.4, 0.5) is 15.8 Å². The molecule has 1 aliphatic rings. The zero-order valence-electron chi connectivity index (χ0n) is 20.9. The Balaban J connectivity index is 1.43. The number of halogens is 1. The van der Waals surface area contributed by atoms with Crippen molar-refractivity contribution in [1.82, 2.24) is 19.5 Å². The van der Waals surface area contributed by atoms with E-state index in [0.29, 0.717) is 43.1 Å². The standard InChI is InChI=1S/C27H27FN6O3/c1-27(2,3)24-17-25-29-22(16-23(33(25)30-24)18-5-4-6-19(28)15-18)26(35)32-13-11-31(12-14-32)20-7-9-21(10-8-20)34(36)37/h4-10,15-17H,11-14H2,1-3H3. The molecule has 1 aliphatic heterocycles. The summed E-state index contributed by atoms with van der Waals surface area (Å²) >= 11 is 0. The average molecular weight is 503 g/mol. The fourth-order valence-corrected chi connectivity index (χ4v) is 4.42. The van der Waals surface area contributed by atoms with Gasteiger partial charge in [-0.3, -0.25) is 14.9 Å². The number of nitro groups is 1. The molecule has 0 radical (unpaired) electrons. The van der Waals surface area contributed by atoms with Crippen LogP contribution < -0.4 is 4.90 Å². The van der Waals surface area contributed by atoms with Crippen molar-refractivity contribution in [2.45, 2.75) is 26.2 Å². The molecule has 3 heterocycles. The molecule has 1 fully saturated rings. The Morgan fingerprint density at radius 1 is 1.00 bits per heavy atom. The van der Waals surface area contributed by atoms with Crippen molar-refractivity contribution in [2.24, 2.45) is 0 Å². The monoisotopic (exact) mass is 502 g/mol. The van der Waals surface area contributed by atoms with Gasteiger partial charge in [-0.2, -0.15) is 5.10 Å². The van der Waals surface area contributed by atoms with Gasteiger partial charge in [0, 0.05) is 61.0 Å². The summed E-state index contributed by atoms with van der Waals surface area (Å²) in [5.41, 5.74) is 3.50. The van der Waals surface area contributed by atoms with Gasteiger partial charge in [0.2, 0.25) is 0 Å². The summed E-state index contributed by atoms with van der Waals surface area (Å²) in [5, 5.41) is 15.6. The number of piperazine rings is 1. The van der Waals surface area contributed by atoms with E-state index in [1.807, 2.05) is 26.8 Å². The summed E-state index contributed by atoms with van der Waals surface area (Å²) in [4.78, 5) is 32.5. The maximum atomic E-state index is 14.1. The molecule has 0 unspecified atom stereocenters. The second-order valence-corrected chi connectivity index (χ2v) is 10.1. The number of carbonyl (C=O) groups excluding carboxylic acids is 1. The van der Waals surface area contributed by atoms with Crippen molar-refractivity contribution in [3.8, 4) is 11.3 Å². The van der Waals surface area contributed by atoms with E-state index >= 15 is 0 Å². The van der Waals surface area contributed by atoms with Crippen LogP contribution in [0.2, 0.25) is 0 Å². The first-order valence-corrected chi connectivity index (χ1v) is 12.1. The van der Waals surface area contributed by atoms with E-state index in [-0.39, 0.29) is 28.5 Å². The number of anilines is 1. The quantitative estimate of drug-likeness (QED) is 0.296. The van der Waals surface area contributed by atoms with Crippen LogP contribution in [-0.2, 0) is 5.41 Å². The van der Waals surface area contributed by atoms with Crippen molar-refractivity contribution in [1.29, 1.82) is 0 Å². The molecular formula is C27H27FN6O3. The minimum Gasteiger partial charge on any atom is -0.368 e. The minimum absolute atomic E-state index is 0.0441. The first-order valence-electron chi connectivity index (χ1n) is 12.1. The number of fused-ring (bicyclic) bond motifs is 1. The molecular weight excluding hydrogens is 475 g/mol. The molecule has 1 amide bonds. The van der Waals surface area contributed by atoms with Crippen molar-refractivity contribution in [2.75, 3.05) is 31.1 Å². The predicted molar refractivity (Wildman–Crippen MR) is 138 cm³/mol. The molecule has 0 bridgehead atoms. The van der Waals surface area contributed by atoms with Gasteiger partial charge in [-0.15, -0.1) is 0 Å². The zero-order chi connectivity index (χ0) is 26.3. The van der Waals surface area contributed by atoms with Gasteiger partial charge in [0.15, 0.2) is 5.65 Å². The summed E-state index contributed by atoms with van der Waals surface area (Å²) in [7, 11) is 0. The Morgan fingerprint density at radius 3 is 2.32 bits per heavy atom. The summed E-state index contributed by atoms with van der Waals surface area (Å²) in [6, 6.07) is 16.2. The van der Waals surface area contributed by atoms with Crippen LogP contribution in [-0.4, -0.2) is 56.5 Å². The molecule has 1 saturated heterocycles. The van der Waals surface area contributed by atoms with Crippen LogP contribution in [0.15, 0.2) is 60.7 Å². The van der Waals surface area contributed by atoms with Crippen LogP contribution in [0.5, 0.6) is 0 Å². The number of benzene rings is 2. The van der Waals surface area contributed by atoms with Crippen LogP contribution in [0.1, 0.15) is 37.0 Å². The van der Waals surface area contributed by atoms with Gasteiger partial charge in [-0.05, 0) is 30.3 Å². The first-order chi connectivity index (χ1) is 17.6. The van der Waals surface area contributed by atoms with Gasteiger partial charge in [0.25, 0.3) is 11.6 Å². The Labute approximate surface area is 213 Å². The third kappa shape index (κ3) is 4.87. The van der Waals surface area contributed by atoms with E-state index in [2.05, 4.69) is 9.88 Å². The lowest BCUT2D eigenvalue weighted by Gasteiger charge is -2.36. The fourth-order valence-electron chi connectivity index (χ4n) is 4.42. The van der Waals surface area contributed by atoms with Crippen LogP contribution in [0.3, 0.4) is 0 Å². The average Bonchev–Trinajstić information content (AvgIpc) is 3.33. The Hall–Kier alpha value is -4.34. The molecule has 0 N–H and O–H groups in total. The SMILES string of the molecule is CC(C)(C)c1cc2nc(C(=O)N3CCN(c4ccc([N+](=O)[O-])cc4)CC3)cc(-c3cccc(F)c3)n2n1. The molecule has 0 atom stereocenters. The minimum atomic E-state index is -0.423. The molecule has 0 saturated carbocycles. The van der Waals surface area contributed by atoms with Gasteiger partial charge in [0.05, 0.1) is 16.3 Å². The molecule has 2 aromatic heterocycles. The highest BCUT2D eigenvalue weighted by Gasteiger charge is 2.26. The smallest absolute Gasteiger partial charge is 0.272 e. The zero-order valence-corrected chi connectivity index (χ0v) is 20.9. The second kappa shape index (κ2) is 9.27. The summed E-state index contributed by atoms with van der Waals surface area (Å²) in [6.45, 7) is 8.27. The van der Waals surface area contributed by atoms with Crippen molar-refractivity contribution < 1.29 is 14.1 Å². The number of non-ortho nitro benzene ring substituents is 1. The molecule has 9 nitrogen and oxygen atoms in total. The molecule has 2 aromatic carbocycles. The van der Waals surface area contributed by atoms with Gasteiger partial charge < -0.3 is 9.80 Å². The lowest BCUT2D eigenvalue weighted by molar-refractivity contribution is -0.384. The normalized spacial score (nSPS) is 14.3. The van der Waals surface area contributed by atoms with Gasteiger partial charge in [0.1, 0.15) is 11.5 Å². The number of rotatable bonds is 4. The number of nitro benzene ring substituents is 1. The highest BCUT2D eigenvalue weighted by Crippen LogP contribution is 2.27. The number of hydrogen-bond acceptors (Lipinski definition) is 6. The largest absolute Gasteiger partial charge is 0.368 e. The van der Waals surface area contributed by atoms with Gasteiger partial charge >= 0.3 is 0 Å². The topological polar surface area (TPSA) is 96.9 Å². The van der Waals surface area contributed by atoms with Gasteiger partial charge in [-0.1, -0.05) is 32.9 Å². The highest BCUT2D eigenvalue weighted by atomic mass is 19.1. The van der Waals surface area contributed by atoms with Crippen LogP contribution in [0, 0.1) is 15.9 Å². The Bertz CT molecular complexity index is 1480. The number of hydrogen-bond donors (Lipinski definition) is 0. The number of carbonyl (C=O) groups is 1. The van der Waals surface area contributed by atoms with Crippen molar-refractivity contribution in [3.63, 3.8) is 0 Å². The summed E-state index contributed by atoms with van der Waals surface area (Å²) in [5.74, 6) is -0.581. The van der Waals surface area contributed by atoms with Gasteiger partial charge in [-0.25, -0.2) is 13.9 Å². The molecule has 0 spiro atoms. The van der Waals surface area contributed by atoms with Crippen LogP contribution >= 0.6 is 0 Å². The van der Waals surface area contributed by atoms with Crippen LogP contribution in [0.25, 0.3) is 16.9 Å².